The summed E-state index contributed by atoms with van der Waals surface area (Å²) in [6.07, 6.45) is -5.76. The lowest BCUT2D eigenvalue weighted by Gasteiger charge is -2.16. The van der Waals surface area contributed by atoms with Gasteiger partial charge >= 0.3 is 6.18 Å². The van der Waals surface area contributed by atoms with Gasteiger partial charge in [-0.3, -0.25) is 4.79 Å². The Bertz CT molecular complexity index is 738. The summed E-state index contributed by atoms with van der Waals surface area (Å²) >= 11 is 0. The summed E-state index contributed by atoms with van der Waals surface area (Å²) in [7, 11) is 0. The molecule has 0 amide bonds. The van der Waals surface area contributed by atoms with E-state index >= 15 is 0 Å². The highest BCUT2D eigenvalue weighted by molar-refractivity contribution is 5.32. The smallest absolute Gasteiger partial charge is 0.386 e. The number of aromatic nitrogens is 2. The van der Waals surface area contributed by atoms with E-state index < -0.39 is 23.5 Å². The van der Waals surface area contributed by atoms with Gasteiger partial charge in [-0.15, -0.1) is 0 Å². The first-order chi connectivity index (χ1) is 10.2. The van der Waals surface area contributed by atoms with Crippen LogP contribution in [0, 0.1) is 13.8 Å². The first-order valence-corrected chi connectivity index (χ1v) is 6.59. The van der Waals surface area contributed by atoms with Gasteiger partial charge in [0.15, 0.2) is 5.69 Å². The van der Waals surface area contributed by atoms with E-state index in [9.17, 15) is 23.1 Å². The molecule has 1 atom stereocenters. The van der Waals surface area contributed by atoms with Crippen LogP contribution in [0.15, 0.2) is 35.1 Å². The zero-order valence-electron chi connectivity index (χ0n) is 12.1. The van der Waals surface area contributed by atoms with Crippen molar-refractivity contribution < 1.29 is 18.3 Å². The minimum absolute atomic E-state index is 0.340. The molecule has 22 heavy (non-hydrogen) atoms. The van der Waals surface area contributed by atoms with Crippen molar-refractivity contribution in [3.05, 3.63) is 63.1 Å². The van der Waals surface area contributed by atoms with E-state index in [1.165, 1.54) is 0 Å². The largest absolute Gasteiger partial charge is 0.435 e. The minimum Gasteiger partial charge on any atom is -0.386 e. The summed E-state index contributed by atoms with van der Waals surface area (Å²) in [4.78, 5) is 11.6. The molecule has 0 aliphatic rings. The summed E-state index contributed by atoms with van der Waals surface area (Å²) in [6, 6.07) is 6.82. The Morgan fingerprint density at radius 3 is 2.55 bits per heavy atom. The van der Waals surface area contributed by atoms with Gasteiger partial charge in [0.1, 0.15) is 0 Å². The van der Waals surface area contributed by atoms with Crippen molar-refractivity contribution in [3.8, 4) is 0 Å². The second kappa shape index (κ2) is 5.92. The molecule has 0 aliphatic heterocycles. The van der Waals surface area contributed by atoms with Crippen LogP contribution in [0.3, 0.4) is 0 Å². The topological polar surface area (TPSA) is 55.1 Å². The second-order valence-electron chi connectivity index (χ2n) is 5.11. The Kier molecular flexibility index (Phi) is 4.37. The van der Waals surface area contributed by atoms with Crippen molar-refractivity contribution in [1.29, 1.82) is 0 Å². The van der Waals surface area contributed by atoms with Gasteiger partial charge in [-0.2, -0.15) is 18.3 Å². The number of hydrogen-bond acceptors (Lipinski definition) is 3. The van der Waals surface area contributed by atoms with Crippen molar-refractivity contribution >= 4 is 0 Å². The molecule has 1 heterocycles. The minimum atomic E-state index is -4.64. The van der Waals surface area contributed by atoms with E-state index in [-0.39, 0.29) is 6.54 Å². The van der Waals surface area contributed by atoms with Gasteiger partial charge in [0.2, 0.25) is 0 Å². The van der Waals surface area contributed by atoms with E-state index in [1.807, 2.05) is 13.0 Å². The molecule has 0 spiro atoms. The molecule has 2 rings (SSSR count). The third-order valence-corrected chi connectivity index (χ3v) is 3.30. The number of nitrogens with zero attached hydrogens (tertiary/aromatic N) is 2. The summed E-state index contributed by atoms with van der Waals surface area (Å²) in [5.74, 6) is 0. The fourth-order valence-electron chi connectivity index (χ4n) is 2.11. The van der Waals surface area contributed by atoms with E-state index in [1.54, 1.807) is 19.1 Å². The Balaban J connectivity index is 2.34. The maximum Gasteiger partial charge on any atom is 0.435 e. The highest BCUT2D eigenvalue weighted by Crippen LogP contribution is 2.26. The Morgan fingerprint density at radius 2 is 1.91 bits per heavy atom. The van der Waals surface area contributed by atoms with Crippen LogP contribution in [0.4, 0.5) is 13.2 Å². The first kappa shape index (κ1) is 16.2. The quantitative estimate of drug-likeness (QED) is 0.948. The maximum atomic E-state index is 12.6. The number of hydrogen-bond donors (Lipinski definition) is 1. The summed E-state index contributed by atoms with van der Waals surface area (Å²) < 4.78 is 38.5. The lowest BCUT2D eigenvalue weighted by molar-refractivity contribution is -0.142. The summed E-state index contributed by atoms with van der Waals surface area (Å²) in [5.41, 5.74) is 0.394. The third-order valence-electron chi connectivity index (χ3n) is 3.30. The van der Waals surface area contributed by atoms with Crippen molar-refractivity contribution in [1.82, 2.24) is 9.78 Å². The number of alkyl halides is 3. The van der Waals surface area contributed by atoms with Crippen molar-refractivity contribution in [2.75, 3.05) is 0 Å². The predicted molar refractivity (Wildman–Crippen MR) is 74.4 cm³/mol. The Labute approximate surface area is 124 Å². The lowest BCUT2D eigenvalue weighted by Crippen LogP contribution is -2.28. The predicted octanol–water partition coefficient (Wildman–Crippen LogP) is 2.61. The lowest BCUT2D eigenvalue weighted by atomic mass is 10.0. The third kappa shape index (κ3) is 3.54. The highest BCUT2D eigenvalue weighted by atomic mass is 19.4. The summed E-state index contributed by atoms with van der Waals surface area (Å²) in [5, 5.41) is 13.5. The molecule has 0 unspecified atom stereocenters. The number of benzene rings is 1. The average molecular weight is 312 g/mol. The van der Waals surface area contributed by atoms with Gasteiger partial charge in [0.05, 0.1) is 12.6 Å². The number of aryl methyl sites for hydroxylation is 2. The molecule has 2 aromatic rings. The molecule has 118 valence electrons. The van der Waals surface area contributed by atoms with E-state index in [4.69, 9.17) is 0 Å². The number of halogens is 3. The number of rotatable bonds is 3. The van der Waals surface area contributed by atoms with Gasteiger partial charge in [0.25, 0.3) is 5.56 Å². The monoisotopic (exact) mass is 312 g/mol. The molecule has 0 saturated heterocycles. The molecular formula is C15H15F3N2O2. The SMILES string of the molecule is Cc1ccc(C)c([C@@H](O)Cn2nc(C(F)(F)F)ccc2=O)c1. The maximum absolute atomic E-state index is 12.6. The van der Waals surface area contributed by atoms with Gasteiger partial charge in [-0.1, -0.05) is 23.8 Å². The summed E-state index contributed by atoms with van der Waals surface area (Å²) in [6.45, 7) is 3.28. The van der Waals surface area contributed by atoms with Gasteiger partial charge < -0.3 is 5.11 Å². The van der Waals surface area contributed by atoms with Crippen molar-refractivity contribution in [3.63, 3.8) is 0 Å². The van der Waals surface area contributed by atoms with Gasteiger partial charge in [0, 0.05) is 6.07 Å². The molecule has 1 aromatic carbocycles. The zero-order chi connectivity index (χ0) is 16.5. The van der Waals surface area contributed by atoms with Crippen LogP contribution in [0.25, 0.3) is 0 Å². The fraction of sp³-hybridized carbons (Fsp3) is 0.333. The van der Waals surface area contributed by atoms with Crippen LogP contribution in [0.5, 0.6) is 0 Å². The van der Waals surface area contributed by atoms with Gasteiger partial charge in [-0.05, 0) is 31.0 Å². The normalized spacial score (nSPS) is 13.2. The molecule has 4 nitrogen and oxygen atoms in total. The molecule has 0 fully saturated rings. The van der Waals surface area contributed by atoms with E-state index in [2.05, 4.69) is 5.10 Å². The molecule has 0 saturated carbocycles. The Hall–Kier alpha value is -2.15. The molecule has 1 N–H and O–H groups in total. The van der Waals surface area contributed by atoms with Crippen LogP contribution in [-0.2, 0) is 12.7 Å². The zero-order valence-corrected chi connectivity index (χ0v) is 12.1. The van der Waals surface area contributed by atoms with Gasteiger partial charge in [-0.25, -0.2) is 4.68 Å². The number of aliphatic hydroxyl groups excluding tert-OH is 1. The molecule has 0 radical (unpaired) electrons. The fourth-order valence-corrected chi connectivity index (χ4v) is 2.11. The standard InChI is InChI=1S/C15H15F3N2O2/c1-9-3-4-10(2)11(7-9)12(21)8-20-14(22)6-5-13(19-20)15(16,17)18/h3-7,12,21H,8H2,1-2H3/t12-/m0/s1. The van der Waals surface area contributed by atoms with E-state index in [0.717, 1.165) is 17.2 Å². The van der Waals surface area contributed by atoms with Crippen LogP contribution >= 0.6 is 0 Å². The second-order valence-corrected chi connectivity index (χ2v) is 5.11. The molecule has 0 aliphatic carbocycles. The van der Waals surface area contributed by atoms with Crippen LogP contribution in [0.1, 0.15) is 28.5 Å². The Morgan fingerprint density at radius 1 is 1.23 bits per heavy atom. The van der Waals surface area contributed by atoms with Crippen LogP contribution in [0.2, 0.25) is 0 Å². The average Bonchev–Trinajstić information content (AvgIpc) is 2.42. The molecule has 1 aromatic heterocycles. The van der Waals surface area contributed by atoms with Crippen molar-refractivity contribution in [2.24, 2.45) is 0 Å². The number of aliphatic hydroxyl groups is 1. The van der Waals surface area contributed by atoms with Crippen LogP contribution in [-0.4, -0.2) is 14.9 Å². The molecule has 0 bridgehead atoms. The first-order valence-electron chi connectivity index (χ1n) is 6.59. The molecule has 7 heteroatoms. The molecular weight excluding hydrogens is 297 g/mol. The van der Waals surface area contributed by atoms with Crippen LogP contribution < -0.4 is 5.56 Å². The van der Waals surface area contributed by atoms with E-state index in [0.29, 0.717) is 16.3 Å². The van der Waals surface area contributed by atoms with Crippen molar-refractivity contribution in [2.45, 2.75) is 32.7 Å². The highest BCUT2D eigenvalue weighted by Gasteiger charge is 2.33.